The van der Waals surface area contributed by atoms with Crippen molar-refractivity contribution in [2.45, 2.75) is 26.3 Å². The van der Waals surface area contributed by atoms with E-state index in [-0.39, 0.29) is 5.54 Å². The third kappa shape index (κ3) is 5.64. The molecule has 0 aliphatic carbocycles. The second kappa shape index (κ2) is 8.47. The normalized spacial score (nSPS) is 16.0. The number of morpholine rings is 1. The third-order valence-electron chi connectivity index (χ3n) is 3.97. The molecule has 1 fully saturated rings. The molecule has 2 N–H and O–H groups in total. The van der Waals surface area contributed by atoms with Gasteiger partial charge in [0.1, 0.15) is 5.75 Å². The number of hydrogen-bond donors (Lipinski definition) is 2. The van der Waals surface area contributed by atoms with Crippen LogP contribution >= 0.6 is 12.2 Å². The average Bonchev–Trinajstić information content (AvgIpc) is 2.56. The molecule has 0 atom stereocenters. The molecule has 0 saturated carbocycles. The smallest absolute Gasteiger partial charge is 0.170 e. The zero-order chi connectivity index (χ0) is 16.7. The van der Waals surface area contributed by atoms with Crippen LogP contribution < -0.4 is 15.4 Å². The number of benzene rings is 1. The first kappa shape index (κ1) is 18.0. The fraction of sp³-hybridized carbons (Fsp3) is 0.588. The number of anilines is 1. The van der Waals surface area contributed by atoms with Gasteiger partial charge in [-0.05, 0) is 57.3 Å². The molecule has 0 unspecified atom stereocenters. The SMILES string of the molecule is CCOc1ccc(NC(=S)NCC(C)(C)N2CCOCC2)cc1. The summed E-state index contributed by atoms with van der Waals surface area (Å²) in [7, 11) is 0. The maximum Gasteiger partial charge on any atom is 0.170 e. The first-order valence-corrected chi connectivity index (χ1v) is 8.52. The van der Waals surface area contributed by atoms with E-state index in [1.54, 1.807) is 0 Å². The van der Waals surface area contributed by atoms with Crippen molar-refractivity contribution >= 4 is 23.0 Å². The lowest BCUT2D eigenvalue weighted by Crippen LogP contribution is -2.55. The standard InChI is InChI=1S/C17H27N3O2S/c1-4-22-15-7-5-14(6-8-15)19-16(23)18-13-17(2,3)20-9-11-21-12-10-20/h5-8H,4,9-13H2,1-3H3,(H2,18,19,23). The molecule has 0 aromatic heterocycles. The predicted octanol–water partition coefficient (Wildman–Crippen LogP) is 2.48. The van der Waals surface area contributed by atoms with Crippen LogP contribution in [0.3, 0.4) is 0 Å². The second-order valence-corrected chi connectivity index (χ2v) is 6.59. The minimum absolute atomic E-state index is 0.0361. The van der Waals surface area contributed by atoms with Gasteiger partial charge in [-0.2, -0.15) is 0 Å². The van der Waals surface area contributed by atoms with Crippen molar-refractivity contribution in [1.82, 2.24) is 10.2 Å². The van der Waals surface area contributed by atoms with Gasteiger partial charge in [-0.15, -0.1) is 0 Å². The van der Waals surface area contributed by atoms with Gasteiger partial charge in [0, 0.05) is 30.9 Å². The Morgan fingerprint density at radius 2 is 1.91 bits per heavy atom. The molecule has 6 heteroatoms. The topological polar surface area (TPSA) is 45.8 Å². The summed E-state index contributed by atoms with van der Waals surface area (Å²) in [4.78, 5) is 2.43. The highest BCUT2D eigenvalue weighted by Gasteiger charge is 2.28. The Kier molecular flexibility index (Phi) is 6.62. The molecule has 1 saturated heterocycles. The zero-order valence-corrected chi connectivity index (χ0v) is 15.0. The summed E-state index contributed by atoms with van der Waals surface area (Å²) < 4.78 is 10.8. The predicted molar refractivity (Wildman–Crippen MR) is 98.3 cm³/mol. The second-order valence-electron chi connectivity index (χ2n) is 6.18. The van der Waals surface area contributed by atoms with E-state index < -0.39 is 0 Å². The van der Waals surface area contributed by atoms with Gasteiger partial charge in [0.25, 0.3) is 0 Å². The molecule has 0 radical (unpaired) electrons. The number of hydrogen-bond acceptors (Lipinski definition) is 4. The van der Waals surface area contributed by atoms with Crippen LogP contribution in [0.4, 0.5) is 5.69 Å². The summed E-state index contributed by atoms with van der Waals surface area (Å²) in [5.41, 5.74) is 0.990. The molecular weight excluding hydrogens is 310 g/mol. The van der Waals surface area contributed by atoms with Gasteiger partial charge in [-0.1, -0.05) is 0 Å². The van der Waals surface area contributed by atoms with Crippen LogP contribution in [0.15, 0.2) is 24.3 Å². The fourth-order valence-electron chi connectivity index (χ4n) is 2.55. The number of nitrogens with zero attached hydrogens (tertiary/aromatic N) is 1. The van der Waals surface area contributed by atoms with Crippen molar-refractivity contribution in [1.29, 1.82) is 0 Å². The van der Waals surface area contributed by atoms with Gasteiger partial charge in [0.2, 0.25) is 0 Å². The monoisotopic (exact) mass is 337 g/mol. The van der Waals surface area contributed by atoms with Crippen molar-refractivity contribution in [2.24, 2.45) is 0 Å². The third-order valence-corrected chi connectivity index (χ3v) is 4.22. The number of rotatable bonds is 6. The van der Waals surface area contributed by atoms with Crippen LogP contribution in [-0.2, 0) is 4.74 Å². The highest BCUT2D eigenvalue weighted by molar-refractivity contribution is 7.80. The number of thiocarbonyl (C=S) groups is 1. The molecule has 5 nitrogen and oxygen atoms in total. The quantitative estimate of drug-likeness (QED) is 0.778. The summed E-state index contributed by atoms with van der Waals surface area (Å²) in [5.74, 6) is 0.866. The van der Waals surface area contributed by atoms with Crippen molar-refractivity contribution < 1.29 is 9.47 Å². The van der Waals surface area contributed by atoms with Gasteiger partial charge in [-0.25, -0.2) is 0 Å². The molecule has 2 rings (SSSR count). The summed E-state index contributed by atoms with van der Waals surface area (Å²) in [5, 5.41) is 7.16. The van der Waals surface area contributed by atoms with Crippen molar-refractivity contribution in [2.75, 3.05) is 44.8 Å². The van der Waals surface area contributed by atoms with E-state index in [9.17, 15) is 0 Å². The summed E-state index contributed by atoms with van der Waals surface area (Å²) >= 11 is 5.39. The van der Waals surface area contributed by atoms with Crippen LogP contribution in [0.25, 0.3) is 0 Å². The molecule has 1 aliphatic heterocycles. The maximum atomic E-state index is 5.43. The molecule has 128 valence electrons. The largest absolute Gasteiger partial charge is 0.494 e. The number of nitrogens with one attached hydrogen (secondary N) is 2. The Bertz CT molecular complexity index is 499. The van der Waals surface area contributed by atoms with E-state index in [4.69, 9.17) is 21.7 Å². The van der Waals surface area contributed by atoms with E-state index >= 15 is 0 Å². The molecule has 1 heterocycles. The molecule has 1 aliphatic rings. The molecule has 0 amide bonds. The first-order valence-electron chi connectivity index (χ1n) is 8.12. The van der Waals surface area contributed by atoms with Crippen LogP contribution in [0.2, 0.25) is 0 Å². The van der Waals surface area contributed by atoms with E-state index in [1.165, 1.54) is 0 Å². The Hall–Kier alpha value is -1.37. The summed E-state index contributed by atoms with van der Waals surface area (Å²) in [6, 6.07) is 7.80. The van der Waals surface area contributed by atoms with E-state index in [1.807, 2.05) is 31.2 Å². The fourth-order valence-corrected chi connectivity index (χ4v) is 2.74. The van der Waals surface area contributed by atoms with Crippen LogP contribution in [0, 0.1) is 0 Å². The van der Waals surface area contributed by atoms with Crippen molar-refractivity contribution in [3.05, 3.63) is 24.3 Å². The molecule has 1 aromatic carbocycles. The first-order chi connectivity index (χ1) is 11.0. The zero-order valence-electron chi connectivity index (χ0n) is 14.2. The lowest BCUT2D eigenvalue weighted by Gasteiger charge is -2.41. The Morgan fingerprint density at radius 3 is 2.52 bits per heavy atom. The van der Waals surface area contributed by atoms with E-state index in [0.29, 0.717) is 11.7 Å². The van der Waals surface area contributed by atoms with Gasteiger partial charge in [0.15, 0.2) is 5.11 Å². The average molecular weight is 337 g/mol. The molecule has 0 spiro atoms. The highest BCUT2D eigenvalue weighted by atomic mass is 32.1. The Balaban J connectivity index is 1.79. The minimum Gasteiger partial charge on any atom is -0.494 e. The van der Waals surface area contributed by atoms with Crippen LogP contribution in [0.5, 0.6) is 5.75 Å². The minimum atomic E-state index is 0.0361. The van der Waals surface area contributed by atoms with Gasteiger partial charge in [-0.3, -0.25) is 4.90 Å². The Labute approximate surface area is 144 Å². The maximum absolute atomic E-state index is 5.43. The molecule has 23 heavy (non-hydrogen) atoms. The highest BCUT2D eigenvalue weighted by Crippen LogP contribution is 2.17. The Morgan fingerprint density at radius 1 is 1.26 bits per heavy atom. The van der Waals surface area contributed by atoms with Gasteiger partial charge < -0.3 is 20.1 Å². The van der Waals surface area contributed by atoms with Crippen molar-refractivity contribution in [3.63, 3.8) is 0 Å². The van der Waals surface area contributed by atoms with Gasteiger partial charge >= 0.3 is 0 Å². The van der Waals surface area contributed by atoms with E-state index in [0.717, 1.165) is 44.3 Å². The summed E-state index contributed by atoms with van der Waals surface area (Å²) in [6.07, 6.45) is 0. The lowest BCUT2D eigenvalue weighted by molar-refractivity contribution is -0.00823. The van der Waals surface area contributed by atoms with Crippen LogP contribution in [-0.4, -0.2) is 55.0 Å². The van der Waals surface area contributed by atoms with Crippen LogP contribution in [0.1, 0.15) is 20.8 Å². The van der Waals surface area contributed by atoms with Crippen molar-refractivity contribution in [3.8, 4) is 5.75 Å². The molecule has 0 bridgehead atoms. The lowest BCUT2D eigenvalue weighted by atomic mass is 10.0. The summed E-state index contributed by atoms with van der Waals surface area (Å²) in [6.45, 7) is 11.4. The molecule has 1 aromatic rings. The number of ether oxygens (including phenoxy) is 2. The molecular formula is C17H27N3O2S. The van der Waals surface area contributed by atoms with Gasteiger partial charge in [0.05, 0.1) is 19.8 Å². The van der Waals surface area contributed by atoms with E-state index in [2.05, 4.69) is 29.4 Å².